The minimum Gasteiger partial charge on any atom is -0.265 e. The van der Waals surface area contributed by atoms with Gasteiger partial charge in [-0.3, -0.25) is 9.98 Å². The summed E-state index contributed by atoms with van der Waals surface area (Å²) in [5.41, 5.74) is 1.78. The van der Waals surface area contributed by atoms with E-state index in [1.54, 1.807) is 18.6 Å². The molecule has 1 atom stereocenters. The quantitative estimate of drug-likeness (QED) is 0.500. The fraction of sp³-hybridized carbons (Fsp3) is 0.125. The van der Waals surface area contributed by atoms with Gasteiger partial charge in [-0.1, -0.05) is 0 Å². The van der Waals surface area contributed by atoms with Crippen molar-refractivity contribution in [3.63, 3.8) is 0 Å². The van der Waals surface area contributed by atoms with Crippen LogP contribution in [0.1, 0.15) is 0 Å². The highest BCUT2D eigenvalue weighted by Crippen LogP contribution is 2.25. The van der Waals surface area contributed by atoms with Crippen molar-refractivity contribution in [3.05, 3.63) is 23.5 Å². The molecule has 2 heterocycles. The Hall–Kier alpha value is -1.69. The van der Waals surface area contributed by atoms with Crippen LogP contribution in [-0.4, -0.2) is 12.4 Å². The Morgan fingerprint density at radius 1 is 1.55 bits per heavy atom. The molecular weight excluding hydrogens is 138 g/mol. The Labute approximate surface area is 64.1 Å². The zero-order valence-corrected chi connectivity index (χ0v) is 5.73. The molecule has 2 aliphatic heterocycles. The van der Waals surface area contributed by atoms with E-state index in [-0.39, 0.29) is 5.92 Å². The van der Waals surface area contributed by atoms with Crippen molar-refractivity contribution in [1.29, 1.82) is 5.26 Å². The van der Waals surface area contributed by atoms with Crippen LogP contribution in [0.5, 0.6) is 0 Å². The molecule has 0 spiro atoms. The van der Waals surface area contributed by atoms with Crippen molar-refractivity contribution in [2.75, 3.05) is 0 Å². The second-order valence-corrected chi connectivity index (χ2v) is 2.32. The Morgan fingerprint density at radius 3 is 3.27 bits per heavy atom. The van der Waals surface area contributed by atoms with Crippen molar-refractivity contribution in [1.82, 2.24) is 0 Å². The van der Waals surface area contributed by atoms with Crippen LogP contribution in [-0.2, 0) is 0 Å². The molecule has 0 bridgehead atoms. The Kier molecular flexibility index (Phi) is 1.19. The lowest BCUT2D eigenvalue weighted by atomic mass is 9.99. The van der Waals surface area contributed by atoms with Gasteiger partial charge >= 0.3 is 0 Å². The van der Waals surface area contributed by atoms with E-state index in [9.17, 15) is 0 Å². The molecule has 0 unspecified atom stereocenters. The molecule has 52 valence electrons. The minimum absolute atomic E-state index is 0.211. The van der Waals surface area contributed by atoms with E-state index < -0.39 is 0 Å². The highest BCUT2D eigenvalue weighted by molar-refractivity contribution is 5.85. The molecule has 0 aromatic carbocycles. The highest BCUT2D eigenvalue weighted by Gasteiger charge is 2.19. The third-order valence-electron chi connectivity index (χ3n) is 1.67. The third kappa shape index (κ3) is 0.802. The van der Waals surface area contributed by atoms with Crippen LogP contribution in [0.25, 0.3) is 0 Å². The van der Waals surface area contributed by atoms with Gasteiger partial charge < -0.3 is 0 Å². The smallest absolute Gasteiger partial charge is 0.109 e. The summed E-state index contributed by atoms with van der Waals surface area (Å²) in [7, 11) is 0. The van der Waals surface area contributed by atoms with Crippen LogP contribution >= 0.6 is 0 Å². The second kappa shape index (κ2) is 2.17. The number of rotatable bonds is 0. The molecule has 0 saturated carbocycles. The first-order chi connectivity index (χ1) is 5.42. The standard InChI is InChI=1S/C8H5N3/c9-3-6-4-10-5-8-7(6)1-2-11-8/h1-2,4-6H/t6-/m0/s1. The first-order valence-electron chi connectivity index (χ1n) is 3.29. The molecular formula is C8H5N3. The Balaban J connectivity index is 2.44. The summed E-state index contributed by atoms with van der Waals surface area (Å²) < 4.78 is 0. The SMILES string of the molecule is N#C[C@H]1C=NC=C2N=CC=C21. The van der Waals surface area contributed by atoms with Crippen LogP contribution < -0.4 is 0 Å². The zero-order valence-electron chi connectivity index (χ0n) is 5.73. The van der Waals surface area contributed by atoms with E-state index in [2.05, 4.69) is 16.1 Å². The van der Waals surface area contributed by atoms with Gasteiger partial charge in [-0.2, -0.15) is 5.26 Å². The van der Waals surface area contributed by atoms with Crippen molar-refractivity contribution in [2.24, 2.45) is 15.9 Å². The van der Waals surface area contributed by atoms with Crippen LogP contribution in [0.15, 0.2) is 33.5 Å². The van der Waals surface area contributed by atoms with Gasteiger partial charge in [0.15, 0.2) is 0 Å². The molecule has 0 aromatic rings. The zero-order chi connectivity index (χ0) is 7.68. The molecule has 3 heteroatoms. The molecule has 0 N–H and O–H groups in total. The summed E-state index contributed by atoms with van der Waals surface area (Å²) in [6, 6.07) is 2.14. The van der Waals surface area contributed by atoms with Crippen LogP contribution in [0.3, 0.4) is 0 Å². The molecule has 0 fully saturated rings. The molecule has 0 radical (unpaired) electrons. The van der Waals surface area contributed by atoms with Crippen molar-refractivity contribution in [2.45, 2.75) is 0 Å². The number of nitrogens with zero attached hydrogens (tertiary/aromatic N) is 3. The summed E-state index contributed by atoms with van der Waals surface area (Å²) in [5.74, 6) is -0.211. The van der Waals surface area contributed by atoms with Gasteiger partial charge in [0.25, 0.3) is 0 Å². The molecule has 2 aliphatic rings. The van der Waals surface area contributed by atoms with E-state index in [1.165, 1.54) is 0 Å². The lowest BCUT2D eigenvalue weighted by molar-refractivity contribution is 1.04. The van der Waals surface area contributed by atoms with E-state index in [4.69, 9.17) is 5.26 Å². The van der Waals surface area contributed by atoms with Crippen LogP contribution in [0.2, 0.25) is 0 Å². The van der Waals surface area contributed by atoms with Gasteiger partial charge in [-0.25, -0.2) is 0 Å². The van der Waals surface area contributed by atoms with Crippen molar-refractivity contribution >= 4 is 12.4 Å². The summed E-state index contributed by atoms with van der Waals surface area (Å²) in [4.78, 5) is 7.94. The number of allylic oxidation sites excluding steroid dienone is 2. The Bertz CT molecular complexity index is 339. The largest absolute Gasteiger partial charge is 0.265 e. The van der Waals surface area contributed by atoms with E-state index in [0.29, 0.717) is 0 Å². The van der Waals surface area contributed by atoms with Gasteiger partial charge in [-0.15, -0.1) is 0 Å². The van der Waals surface area contributed by atoms with Crippen LogP contribution in [0, 0.1) is 17.2 Å². The first-order valence-corrected chi connectivity index (χ1v) is 3.29. The minimum atomic E-state index is -0.211. The van der Waals surface area contributed by atoms with Crippen LogP contribution in [0.4, 0.5) is 0 Å². The average molecular weight is 143 g/mol. The number of hydrogen-bond donors (Lipinski definition) is 0. The van der Waals surface area contributed by atoms with Gasteiger partial charge in [0.1, 0.15) is 5.92 Å². The predicted octanol–water partition coefficient (Wildman–Crippen LogP) is 1.06. The molecule has 2 rings (SSSR count). The van der Waals surface area contributed by atoms with Crippen molar-refractivity contribution in [3.8, 4) is 6.07 Å². The summed E-state index contributed by atoms with van der Waals surface area (Å²) in [6.07, 6.45) is 6.85. The first kappa shape index (κ1) is 6.05. The maximum absolute atomic E-state index is 8.67. The maximum Gasteiger partial charge on any atom is 0.109 e. The summed E-state index contributed by atoms with van der Waals surface area (Å²) in [6.45, 7) is 0. The predicted molar refractivity (Wildman–Crippen MR) is 42.3 cm³/mol. The van der Waals surface area contributed by atoms with Gasteiger partial charge in [0.05, 0.1) is 18.0 Å². The molecule has 3 nitrogen and oxygen atoms in total. The topological polar surface area (TPSA) is 48.5 Å². The van der Waals surface area contributed by atoms with Gasteiger partial charge in [-0.05, 0) is 6.08 Å². The molecule has 0 aliphatic carbocycles. The van der Waals surface area contributed by atoms with E-state index in [0.717, 1.165) is 11.3 Å². The monoisotopic (exact) mass is 143 g/mol. The molecule has 11 heavy (non-hydrogen) atoms. The normalized spacial score (nSPS) is 25.5. The summed E-state index contributed by atoms with van der Waals surface area (Å²) >= 11 is 0. The number of nitriles is 1. The van der Waals surface area contributed by atoms with Gasteiger partial charge in [0.2, 0.25) is 0 Å². The summed E-state index contributed by atoms with van der Waals surface area (Å²) in [5, 5.41) is 8.67. The second-order valence-electron chi connectivity index (χ2n) is 2.32. The van der Waals surface area contributed by atoms with Gasteiger partial charge in [0, 0.05) is 18.0 Å². The number of aliphatic imine (C=N–C) groups is 2. The Morgan fingerprint density at radius 2 is 2.45 bits per heavy atom. The maximum atomic E-state index is 8.67. The molecule has 0 saturated heterocycles. The highest BCUT2D eigenvalue weighted by atomic mass is 14.8. The number of hydrogen-bond acceptors (Lipinski definition) is 3. The van der Waals surface area contributed by atoms with E-state index in [1.807, 2.05) is 6.08 Å². The lowest BCUT2D eigenvalue weighted by Crippen LogP contribution is -2.06. The lowest BCUT2D eigenvalue weighted by Gasteiger charge is -2.08. The molecule has 0 aromatic heterocycles. The molecule has 0 amide bonds. The number of fused-ring (bicyclic) bond motifs is 1. The average Bonchev–Trinajstić information content (AvgIpc) is 2.50. The fourth-order valence-corrected chi connectivity index (χ4v) is 1.11. The third-order valence-corrected chi connectivity index (χ3v) is 1.67. The van der Waals surface area contributed by atoms with E-state index >= 15 is 0 Å². The fourth-order valence-electron chi connectivity index (χ4n) is 1.11. The van der Waals surface area contributed by atoms with Crippen molar-refractivity contribution < 1.29 is 0 Å².